The Hall–Kier alpha value is -15.2. The smallest absolute Gasteiger partial charge is 0.414 e. The van der Waals surface area contributed by atoms with Gasteiger partial charge in [-0.05, 0) is 189 Å². The molecule has 126 heavy (non-hydrogen) atoms. The summed E-state index contributed by atoms with van der Waals surface area (Å²) in [6.45, 7) is 4.19. The first-order valence-corrected chi connectivity index (χ1v) is 39.8. The van der Waals surface area contributed by atoms with Crippen LogP contribution in [0, 0.1) is 0 Å². The molecule has 8 aromatic rings. The van der Waals surface area contributed by atoms with Crippen LogP contribution < -0.4 is 40.9 Å². The number of benzene rings is 4. The summed E-state index contributed by atoms with van der Waals surface area (Å²) in [5.74, 6) is -16.3. The van der Waals surface area contributed by atoms with Crippen molar-refractivity contribution in [3.05, 3.63) is 193 Å². The monoisotopic (exact) mass is 1730 g/mol. The number of hydrogen-bond acceptors (Lipinski definition) is 24. The third-order valence-corrected chi connectivity index (χ3v) is 19.6. The van der Waals surface area contributed by atoms with Crippen LogP contribution in [-0.4, -0.2) is 255 Å². The molecule has 0 atom stereocenters. The van der Waals surface area contributed by atoms with Gasteiger partial charge in [-0.15, -0.1) is 0 Å². The highest BCUT2D eigenvalue weighted by Gasteiger charge is 2.38. The number of carbonyl (C=O) groups is 16. The predicted molar refractivity (Wildman–Crippen MR) is 457 cm³/mol. The summed E-state index contributed by atoms with van der Waals surface area (Å²) in [5, 5.41) is 70.7. The lowest BCUT2D eigenvalue weighted by Crippen LogP contribution is -2.44. The SMILES string of the molecule is CN(CCCCCCCCN(C)CCCCCCN(CC(=O)N1c2ccccc2C(=O)Nc2cccnc21)CC(=O)N1c2ccccc2C(=O)Nc2cccnc21)CCCCCCN(CC(=O)N1c2ccccc2C(=O)Nc2cccnc21)CC(=O)N1c2ccccc2C(=O)Nc2cccnc21.O=C(O)C(=O)O.O=C(O)C(=O)O.O=C(O)C(=O)O.O=C(O)C(=O)O. The molecule has 4 aliphatic heterocycles. The van der Waals surface area contributed by atoms with Crippen LogP contribution >= 0.6 is 0 Å². The number of unbranched alkanes of at least 4 members (excludes halogenated alkanes) is 11. The predicted octanol–water partition coefficient (Wildman–Crippen LogP) is 8.84. The first kappa shape index (κ1) is 96.3. The molecule has 662 valence electrons. The molecule has 40 heteroatoms. The Bertz CT molecular complexity index is 4660. The van der Waals surface area contributed by atoms with Crippen LogP contribution in [0.15, 0.2) is 170 Å². The van der Waals surface area contributed by atoms with Crippen LogP contribution in [-0.2, 0) is 57.5 Å². The minimum atomic E-state index is -1.82. The molecule has 40 nitrogen and oxygen atoms in total. The second-order valence-corrected chi connectivity index (χ2v) is 28.7. The largest absolute Gasteiger partial charge is 0.473 e. The Kier molecular flexibility index (Phi) is 36.6. The van der Waals surface area contributed by atoms with Gasteiger partial charge in [0, 0.05) is 24.8 Å². The molecule has 4 aromatic carbocycles. The number of carbonyl (C=O) groups excluding carboxylic acids is 8. The fourth-order valence-corrected chi connectivity index (χ4v) is 13.7. The number of aromatic nitrogens is 4. The number of hydrogen-bond donors (Lipinski definition) is 12. The maximum atomic E-state index is 14.8. The molecule has 0 bridgehead atoms. The number of rotatable bonds is 31. The van der Waals surface area contributed by atoms with Crippen molar-refractivity contribution in [3.8, 4) is 0 Å². The van der Waals surface area contributed by atoms with Gasteiger partial charge in [-0.25, -0.2) is 58.3 Å². The molecule has 0 unspecified atom stereocenters. The maximum Gasteiger partial charge on any atom is 0.414 e. The van der Waals surface area contributed by atoms with Crippen molar-refractivity contribution >= 4 is 164 Å². The Balaban J connectivity index is 0.000000720. The molecule has 12 rings (SSSR count). The van der Waals surface area contributed by atoms with E-state index in [2.05, 4.69) is 65.1 Å². The lowest BCUT2D eigenvalue weighted by atomic mass is 10.1. The molecule has 8 amide bonds. The van der Waals surface area contributed by atoms with Gasteiger partial charge in [-0.2, -0.15) is 0 Å². The van der Waals surface area contributed by atoms with Gasteiger partial charge < -0.3 is 71.9 Å². The van der Waals surface area contributed by atoms with Crippen LogP contribution in [0.3, 0.4) is 0 Å². The molecule has 0 saturated carbocycles. The van der Waals surface area contributed by atoms with Crippen molar-refractivity contribution in [1.82, 2.24) is 39.5 Å². The number of para-hydroxylation sites is 4. The number of carboxylic acid groups (broad SMARTS) is 8. The van der Waals surface area contributed by atoms with Crippen molar-refractivity contribution in [2.75, 3.05) is 120 Å². The molecule has 8 heterocycles. The molecule has 0 radical (unpaired) electrons. The van der Waals surface area contributed by atoms with Gasteiger partial charge in [-0.3, -0.25) is 67.8 Å². The highest BCUT2D eigenvalue weighted by atomic mass is 16.5. The molecular formula is C86H94N16O24. The quantitative estimate of drug-likeness (QED) is 0.0142. The van der Waals surface area contributed by atoms with Crippen molar-refractivity contribution in [2.24, 2.45) is 0 Å². The number of nitrogens with zero attached hydrogens (tertiary/aromatic N) is 12. The number of fused-ring (bicyclic) bond motifs is 8. The number of anilines is 12. The zero-order valence-electron chi connectivity index (χ0n) is 68.6. The molecule has 0 fully saturated rings. The second kappa shape index (κ2) is 47.9. The van der Waals surface area contributed by atoms with E-state index in [4.69, 9.17) is 79.2 Å². The van der Waals surface area contributed by atoms with Gasteiger partial charge in [-0.1, -0.05) is 99.9 Å². The van der Waals surface area contributed by atoms with Crippen molar-refractivity contribution < 1.29 is 118 Å². The average Bonchev–Trinajstić information content (AvgIpc) is 1.62. The average molecular weight is 1740 g/mol. The van der Waals surface area contributed by atoms with E-state index in [0.717, 1.165) is 90.4 Å². The first-order chi connectivity index (χ1) is 60.4. The van der Waals surface area contributed by atoms with Crippen LogP contribution in [0.25, 0.3) is 0 Å². The second-order valence-electron chi connectivity index (χ2n) is 28.7. The summed E-state index contributed by atoms with van der Waals surface area (Å²) in [6, 6.07) is 41.3. The number of pyridine rings is 4. The zero-order valence-corrected chi connectivity index (χ0v) is 68.6. The minimum Gasteiger partial charge on any atom is -0.473 e. The number of nitrogens with one attached hydrogen (secondary N) is 4. The minimum absolute atomic E-state index is 0.161. The maximum absolute atomic E-state index is 14.8. The van der Waals surface area contributed by atoms with E-state index in [1.165, 1.54) is 45.3 Å². The van der Waals surface area contributed by atoms with Crippen molar-refractivity contribution in [3.63, 3.8) is 0 Å². The van der Waals surface area contributed by atoms with Gasteiger partial charge in [0.1, 0.15) is 0 Å². The van der Waals surface area contributed by atoms with E-state index in [9.17, 15) is 38.4 Å². The van der Waals surface area contributed by atoms with Gasteiger partial charge in [0.15, 0.2) is 23.3 Å². The molecule has 0 spiro atoms. The van der Waals surface area contributed by atoms with Crippen LogP contribution in [0.1, 0.15) is 131 Å². The number of aliphatic carboxylic acids is 8. The Morgan fingerprint density at radius 3 is 0.643 bits per heavy atom. The molecule has 0 aliphatic carbocycles. The molecular weight excluding hydrogens is 1640 g/mol. The lowest BCUT2D eigenvalue weighted by molar-refractivity contribution is -0.159. The summed E-state index contributed by atoms with van der Waals surface area (Å²) in [5.41, 5.74) is 4.43. The van der Waals surface area contributed by atoms with E-state index in [0.29, 0.717) is 80.8 Å². The summed E-state index contributed by atoms with van der Waals surface area (Å²) in [6.07, 6.45) is 20.5. The molecule has 4 aromatic heterocycles. The van der Waals surface area contributed by atoms with Crippen LogP contribution in [0.5, 0.6) is 0 Å². The van der Waals surface area contributed by atoms with Gasteiger partial charge >= 0.3 is 47.8 Å². The van der Waals surface area contributed by atoms with Gasteiger partial charge in [0.2, 0.25) is 23.6 Å². The van der Waals surface area contributed by atoms with E-state index in [-0.39, 0.29) is 96.7 Å². The summed E-state index contributed by atoms with van der Waals surface area (Å²) in [4.78, 5) is 218. The van der Waals surface area contributed by atoms with E-state index in [1.807, 2.05) is 9.80 Å². The molecule has 4 aliphatic rings. The van der Waals surface area contributed by atoms with Crippen molar-refractivity contribution in [2.45, 2.75) is 89.9 Å². The van der Waals surface area contributed by atoms with Gasteiger partial charge in [0.05, 0.1) is 93.9 Å². The fourth-order valence-electron chi connectivity index (χ4n) is 13.7. The highest BCUT2D eigenvalue weighted by molar-refractivity contribution is 6.29. The van der Waals surface area contributed by atoms with E-state index >= 15 is 0 Å². The van der Waals surface area contributed by atoms with Gasteiger partial charge in [0.25, 0.3) is 23.6 Å². The van der Waals surface area contributed by atoms with E-state index < -0.39 is 47.8 Å². The standard InChI is InChI=1S/C78H86N16O8.4C2H2O4/c1-87(47-21-7-9-23-49-89(51-67(95)91-63-37-15-11-29-55(63)75(99)83-59-33-25-41-79-71(59)91)52-68(96)92-64-38-16-12-30-56(64)76(100)84-60-34-26-42-80-72(60)92)45-19-5-3-4-6-20-46-88(2)48-22-8-10-24-50-90(53-69(97)93-65-39-17-13-31-57(65)77(101)85-61-35-27-43-81-73(61)93)54-70(98)94-66-40-18-14-32-58(66)78(102)86-62-36-28-44-82-74(62)94;4*3-1(4)2(5)6/h11-18,25-44H,3-10,19-24,45-54H2,1-2H3,(H,83,99)(H,84,100)(H,85,101)(H,86,102);4*(H,3,4)(H,5,6). The summed E-state index contributed by atoms with van der Waals surface area (Å²) >= 11 is 0. The van der Waals surface area contributed by atoms with Crippen LogP contribution in [0.2, 0.25) is 0 Å². The molecule has 0 saturated heterocycles. The summed E-state index contributed by atoms with van der Waals surface area (Å²) in [7, 11) is 4.36. The number of amides is 8. The Labute approximate surface area is 720 Å². The Morgan fingerprint density at radius 2 is 0.444 bits per heavy atom. The topological polar surface area (TPSA) is 561 Å². The van der Waals surface area contributed by atoms with Crippen LogP contribution in [0.4, 0.5) is 68.8 Å². The third kappa shape index (κ3) is 27.7. The molecule has 12 N–H and O–H groups in total. The highest BCUT2D eigenvalue weighted by Crippen LogP contribution is 2.41. The van der Waals surface area contributed by atoms with Crippen molar-refractivity contribution in [1.29, 1.82) is 0 Å². The lowest BCUT2D eigenvalue weighted by Gasteiger charge is -2.29. The van der Waals surface area contributed by atoms with E-state index in [1.54, 1.807) is 170 Å². The fraction of sp³-hybridized carbons (Fsp3) is 0.302. The normalized spacial score (nSPS) is 12.4. The third-order valence-electron chi connectivity index (χ3n) is 19.6. The Morgan fingerprint density at radius 1 is 0.262 bits per heavy atom. The zero-order chi connectivity index (χ0) is 91.5. The number of carboxylic acids is 8. The summed E-state index contributed by atoms with van der Waals surface area (Å²) < 4.78 is 0. The first-order valence-electron chi connectivity index (χ1n) is 39.8.